The molecule has 3 aromatic rings. The average molecular weight is 466 g/mol. The van der Waals surface area contributed by atoms with Crippen LogP contribution in [-0.4, -0.2) is 33.1 Å². The lowest BCUT2D eigenvalue weighted by atomic mass is 9.92. The zero-order valence-electron chi connectivity index (χ0n) is 16.7. The minimum absolute atomic E-state index is 0.00965. The Kier molecular flexibility index (Phi) is 6.35. The van der Waals surface area contributed by atoms with E-state index in [1.54, 1.807) is 12.1 Å². The molecule has 0 unspecified atom stereocenters. The van der Waals surface area contributed by atoms with Crippen LogP contribution < -0.4 is 0 Å². The van der Waals surface area contributed by atoms with Crippen molar-refractivity contribution >= 4 is 63.2 Å². The molecule has 0 spiro atoms. The molecule has 0 aliphatic heterocycles. The van der Waals surface area contributed by atoms with E-state index in [-0.39, 0.29) is 45.9 Å². The summed E-state index contributed by atoms with van der Waals surface area (Å²) in [7, 11) is 0. The number of hydrogen-bond acceptors (Lipinski definition) is 6. The quantitative estimate of drug-likeness (QED) is 0.469. The number of benzene rings is 3. The number of ketones is 1. The molecular weight excluding hydrogens is 449 g/mol. The summed E-state index contributed by atoms with van der Waals surface area (Å²) >= 11 is 12.4. The summed E-state index contributed by atoms with van der Waals surface area (Å²) in [6, 6.07) is 18.1. The normalized spacial score (nSPS) is 17.9. The minimum Gasteiger partial charge on any atom is -0.508 e. The second-order valence-corrected chi connectivity index (χ2v) is 7.87. The van der Waals surface area contributed by atoms with Gasteiger partial charge in [-0.2, -0.15) is 0 Å². The number of halogens is 2. The lowest BCUT2D eigenvalue weighted by Gasteiger charge is -2.18. The number of nitrogens with zero attached hydrogens (tertiary/aromatic N) is 3. The monoisotopic (exact) mass is 465 g/mol. The van der Waals surface area contributed by atoms with Crippen LogP contribution in [0.4, 0.5) is 17.1 Å². The molecule has 0 heterocycles. The number of carbonyl (C=O) groups excluding carboxylic acids is 1. The van der Waals surface area contributed by atoms with Gasteiger partial charge in [0.2, 0.25) is 0 Å². The van der Waals surface area contributed by atoms with Crippen LogP contribution in [0.3, 0.4) is 0 Å². The van der Waals surface area contributed by atoms with Crippen LogP contribution in [0.15, 0.2) is 81.7 Å². The van der Waals surface area contributed by atoms with E-state index in [1.165, 1.54) is 24.3 Å². The Balaban J connectivity index is 1.78. The van der Waals surface area contributed by atoms with Crippen LogP contribution in [-0.2, 0) is 4.79 Å². The molecule has 0 atom stereocenters. The van der Waals surface area contributed by atoms with Gasteiger partial charge in [0.15, 0.2) is 5.78 Å². The Bertz CT molecular complexity index is 1280. The van der Waals surface area contributed by atoms with E-state index in [0.29, 0.717) is 28.5 Å². The number of phenolic OH excluding ortho intramolecular Hbond substituents is 2. The lowest BCUT2D eigenvalue weighted by Crippen LogP contribution is -2.33. The van der Waals surface area contributed by atoms with Crippen molar-refractivity contribution in [2.24, 2.45) is 15.0 Å². The number of para-hydroxylation sites is 1. The Morgan fingerprint density at radius 2 is 1.19 bits per heavy atom. The molecule has 0 aromatic heterocycles. The van der Waals surface area contributed by atoms with Crippen molar-refractivity contribution < 1.29 is 15.0 Å². The van der Waals surface area contributed by atoms with Crippen LogP contribution >= 0.6 is 23.2 Å². The molecule has 1 saturated carbocycles. The number of aliphatic imine (C=N–C) groups is 3. The first-order valence-electron chi connectivity index (χ1n) is 9.67. The fourth-order valence-corrected chi connectivity index (χ4v) is 3.58. The smallest absolute Gasteiger partial charge is 0.183 e. The van der Waals surface area contributed by atoms with Gasteiger partial charge in [-0.1, -0.05) is 41.4 Å². The van der Waals surface area contributed by atoms with E-state index in [1.807, 2.05) is 30.3 Å². The summed E-state index contributed by atoms with van der Waals surface area (Å²) in [4.78, 5) is 26.6. The zero-order chi connectivity index (χ0) is 22.7. The third kappa shape index (κ3) is 5.04. The first-order valence-corrected chi connectivity index (χ1v) is 10.4. The van der Waals surface area contributed by atoms with Crippen LogP contribution in [0.2, 0.25) is 10.0 Å². The number of Topliss-reactive ketones (excluding diaryl/α,β-unsaturated/α-hetero) is 1. The molecule has 0 radical (unpaired) electrons. The van der Waals surface area contributed by atoms with E-state index >= 15 is 0 Å². The fourth-order valence-electron chi connectivity index (χ4n) is 3.15. The highest BCUT2D eigenvalue weighted by Gasteiger charge is 2.28. The molecule has 160 valence electrons. The molecule has 6 nitrogen and oxygen atoms in total. The standard InChI is InChI=1S/C24H17Cl2N3O3/c25-17-10-15(30)6-8-19(17)28-21-12-23(29-20-9-7-16(31)11-18(20)26)24(32)13-22(21)27-14-4-2-1-3-5-14/h1-11,30-31H,12-13H2. The molecule has 1 aliphatic rings. The van der Waals surface area contributed by atoms with Gasteiger partial charge in [0.1, 0.15) is 11.5 Å². The number of phenols is 2. The Morgan fingerprint density at radius 1 is 0.656 bits per heavy atom. The van der Waals surface area contributed by atoms with Crippen molar-refractivity contribution in [3.63, 3.8) is 0 Å². The second-order valence-electron chi connectivity index (χ2n) is 7.06. The molecule has 4 rings (SSSR count). The van der Waals surface area contributed by atoms with Crippen molar-refractivity contribution in [1.29, 1.82) is 0 Å². The third-order valence-electron chi connectivity index (χ3n) is 4.71. The van der Waals surface area contributed by atoms with Gasteiger partial charge < -0.3 is 10.2 Å². The van der Waals surface area contributed by atoms with Crippen molar-refractivity contribution in [3.8, 4) is 11.5 Å². The Morgan fingerprint density at radius 3 is 1.75 bits per heavy atom. The largest absolute Gasteiger partial charge is 0.508 e. The molecule has 1 aliphatic carbocycles. The SMILES string of the molecule is O=C1CC(=Nc2ccccc2)C(=Nc2ccc(O)cc2Cl)CC1=Nc1ccc(O)cc1Cl. The molecule has 8 heteroatoms. The van der Waals surface area contributed by atoms with Crippen LogP contribution in [0.5, 0.6) is 11.5 Å². The molecule has 2 N–H and O–H groups in total. The van der Waals surface area contributed by atoms with Gasteiger partial charge in [0.25, 0.3) is 0 Å². The Labute approximate surface area is 194 Å². The second kappa shape index (κ2) is 9.34. The molecule has 3 aromatic carbocycles. The number of hydrogen-bond donors (Lipinski definition) is 2. The summed E-state index contributed by atoms with van der Waals surface area (Å²) in [5, 5.41) is 19.7. The highest BCUT2D eigenvalue weighted by atomic mass is 35.5. The first-order chi connectivity index (χ1) is 15.4. The number of carbonyl (C=O) groups is 1. The van der Waals surface area contributed by atoms with Crippen LogP contribution in [0.1, 0.15) is 12.8 Å². The maximum Gasteiger partial charge on any atom is 0.183 e. The average Bonchev–Trinajstić information content (AvgIpc) is 2.75. The van der Waals surface area contributed by atoms with E-state index in [4.69, 9.17) is 23.2 Å². The van der Waals surface area contributed by atoms with Gasteiger partial charge in [0.05, 0.1) is 50.7 Å². The summed E-state index contributed by atoms with van der Waals surface area (Å²) in [6.07, 6.45) is 0.136. The summed E-state index contributed by atoms with van der Waals surface area (Å²) in [6.45, 7) is 0. The third-order valence-corrected chi connectivity index (χ3v) is 5.32. The molecular formula is C24H17Cl2N3O3. The van der Waals surface area contributed by atoms with Gasteiger partial charge in [-0.15, -0.1) is 0 Å². The van der Waals surface area contributed by atoms with E-state index in [9.17, 15) is 15.0 Å². The van der Waals surface area contributed by atoms with E-state index < -0.39 is 0 Å². The topological polar surface area (TPSA) is 94.6 Å². The zero-order valence-corrected chi connectivity index (χ0v) is 18.2. The van der Waals surface area contributed by atoms with E-state index in [2.05, 4.69) is 15.0 Å². The van der Waals surface area contributed by atoms with Gasteiger partial charge in [0, 0.05) is 18.6 Å². The van der Waals surface area contributed by atoms with Crippen LogP contribution in [0, 0.1) is 0 Å². The van der Waals surface area contributed by atoms with Crippen molar-refractivity contribution in [3.05, 3.63) is 76.8 Å². The predicted octanol–water partition coefficient (Wildman–Crippen LogP) is 6.39. The van der Waals surface area contributed by atoms with Gasteiger partial charge in [-0.05, 0) is 36.4 Å². The maximum absolute atomic E-state index is 12.9. The van der Waals surface area contributed by atoms with Gasteiger partial charge in [-0.3, -0.25) is 9.79 Å². The first kappa shape index (κ1) is 21.7. The summed E-state index contributed by atoms with van der Waals surface area (Å²) < 4.78 is 0. The number of rotatable bonds is 3. The molecule has 0 amide bonds. The van der Waals surface area contributed by atoms with Crippen molar-refractivity contribution in [1.82, 2.24) is 0 Å². The van der Waals surface area contributed by atoms with Crippen molar-refractivity contribution in [2.45, 2.75) is 12.8 Å². The predicted molar refractivity (Wildman–Crippen MR) is 128 cm³/mol. The van der Waals surface area contributed by atoms with Gasteiger partial charge in [-0.25, -0.2) is 9.98 Å². The Hall–Kier alpha value is -3.48. The van der Waals surface area contributed by atoms with E-state index in [0.717, 1.165) is 0 Å². The van der Waals surface area contributed by atoms with Crippen LogP contribution in [0.25, 0.3) is 0 Å². The molecule has 0 saturated heterocycles. The maximum atomic E-state index is 12.9. The lowest BCUT2D eigenvalue weighted by molar-refractivity contribution is -0.112. The number of aromatic hydroxyl groups is 2. The minimum atomic E-state index is -0.195. The molecule has 0 bridgehead atoms. The fraction of sp³-hybridized carbons (Fsp3) is 0.0833. The highest BCUT2D eigenvalue weighted by molar-refractivity contribution is 6.62. The molecule has 1 fully saturated rings. The summed E-state index contributed by atoms with van der Waals surface area (Å²) in [5.74, 6) is -0.157. The highest BCUT2D eigenvalue weighted by Crippen LogP contribution is 2.32. The molecule has 32 heavy (non-hydrogen) atoms. The van der Waals surface area contributed by atoms with Gasteiger partial charge >= 0.3 is 0 Å². The summed E-state index contributed by atoms with van der Waals surface area (Å²) in [5.41, 5.74) is 2.84. The van der Waals surface area contributed by atoms with Crippen molar-refractivity contribution in [2.75, 3.05) is 0 Å².